The van der Waals surface area contributed by atoms with E-state index in [4.69, 9.17) is 4.74 Å². The molecule has 1 heterocycles. The smallest absolute Gasteiger partial charge is 0.326 e. The van der Waals surface area contributed by atoms with Gasteiger partial charge in [-0.3, -0.25) is 4.79 Å². The molecule has 0 unspecified atom stereocenters. The van der Waals surface area contributed by atoms with E-state index in [1.54, 1.807) is 26.0 Å². The Labute approximate surface area is 111 Å². The highest BCUT2D eigenvalue weighted by Gasteiger charge is 2.38. The summed E-state index contributed by atoms with van der Waals surface area (Å²) in [4.78, 5) is 25.1. The molecule has 19 heavy (non-hydrogen) atoms. The van der Waals surface area contributed by atoms with Crippen LogP contribution in [0.4, 0.5) is 0 Å². The molecule has 0 spiro atoms. The summed E-state index contributed by atoms with van der Waals surface area (Å²) in [5.41, 5.74) is 1.38. The summed E-state index contributed by atoms with van der Waals surface area (Å²) in [6.07, 6.45) is 0. The van der Waals surface area contributed by atoms with E-state index in [1.807, 2.05) is 6.07 Å². The number of benzene rings is 1. The van der Waals surface area contributed by atoms with Gasteiger partial charge in [0, 0.05) is 12.1 Å². The fraction of sp³-hybridized carbons (Fsp3) is 0.429. The molecule has 0 bridgehead atoms. The van der Waals surface area contributed by atoms with Crippen molar-refractivity contribution in [1.29, 1.82) is 0 Å². The van der Waals surface area contributed by atoms with Crippen molar-refractivity contribution in [3.63, 3.8) is 0 Å². The van der Waals surface area contributed by atoms with Gasteiger partial charge < -0.3 is 14.7 Å². The molecule has 0 fully saturated rings. The maximum absolute atomic E-state index is 12.3. The summed E-state index contributed by atoms with van der Waals surface area (Å²) in [6, 6.07) is 4.45. The maximum atomic E-state index is 12.3. The third-order valence-electron chi connectivity index (χ3n) is 3.37. The Kier molecular flexibility index (Phi) is 3.46. The number of carbonyl (C=O) groups is 2. The van der Waals surface area contributed by atoms with Crippen molar-refractivity contribution in [2.75, 3.05) is 7.11 Å². The number of fused-ring (bicyclic) bond motifs is 1. The number of aliphatic carboxylic acids is 1. The first-order chi connectivity index (χ1) is 8.95. The molecule has 0 saturated carbocycles. The van der Waals surface area contributed by atoms with Gasteiger partial charge in [-0.2, -0.15) is 0 Å². The average molecular weight is 263 g/mol. The maximum Gasteiger partial charge on any atom is 0.326 e. The van der Waals surface area contributed by atoms with Crippen molar-refractivity contribution in [1.82, 2.24) is 4.90 Å². The van der Waals surface area contributed by atoms with Crippen molar-refractivity contribution in [2.24, 2.45) is 5.92 Å². The van der Waals surface area contributed by atoms with Crippen LogP contribution in [0.15, 0.2) is 18.2 Å². The van der Waals surface area contributed by atoms with Gasteiger partial charge in [0.25, 0.3) is 5.91 Å². The molecule has 0 aromatic heterocycles. The molecule has 1 aromatic rings. The Bertz CT molecular complexity index is 524. The summed E-state index contributed by atoms with van der Waals surface area (Å²) < 4.78 is 5.09. The third-order valence-corrected chi connectivity index (χ3v) is 3.37. The Morgan fingerprint density at radius 3 is 2.63 bits per heavy atom. The molecule has 0 radical (unpaired) electrons. The van der Waals surface area contributed by atoms with E-state index in [-0.39, 0.29) is 11.8 Å². The van der Waals surface area contributed by atoms with E-state index in [2.05, 4.69) is 0 Å². The first-order valence-electron chi connectivity index (χ1n) is 6.16. The number of hydrogen-bond acceptors (Lipinski definition) is 3. The van der Waals surface area contributed by atoms with E-state index < -0.39 is 12.0 Å². The molecule has 1 aliphatic rings. The summed E-state index contributed by atoms with van der Waals surface area (Å²) in [7, 11) is 1.53. The van der Waals surface area contributed by atoms with Gasteiger partial charge in [-0.05, 0) is 23.6 Å². The van der Waals surface area contributed by atoms with Crippen LogP contribution in [-0.2, 0) is 11.3 Å². The molecule has 1 aromatic carbocycles. The zero-order valence-electron chi connectivity index (χ0n) is 11.2. The molecule has 1 amide bonds. The molecule has 0 saturated heterocycles. The van der Waals surface area contributed by atoms with Crippen LogP contribution in [0.5, 0.6) is 5.75 Å². The number of carbonyl (C=O) groups excluding carboxylic acids is 1. The minimum Gasteiger partial charge on any atom is -0.497 e. The van der Waals surface area contributed by atoms with Crippen molar-refractivity contribution in [3.8, 4) is 5.75 Å². The monoisotopic (exact) mass is 263 g/mol. The van der Waals surface area contributed by atoms with Gasteiger partial charge in [-0.15, -0.1) is 0 Å². The molecular weight excluding hydrogens is 246 g/mol. The molecule has 2 rings (SSSR count). The van der Waals surface area contributed by atoms with Gasteiger partial charge in [0.1, 0.15) is 11.8 Å². The Morgan fingerprint density at radius 2 is 2.11 bits per heavy atom. The quantitative estimate of drug-likeness (QED) is 0.898. The second-order valence-electron chi connectivity index (χ2n) is 4.98. The topological polar surface area (TPSA) is 66.8 Å². The van der Waals surface area contributed by atoms with Crippen LogP contribution in [0.1, 0.15) is 29.8 Å². The minimum atomic E-state index is -0.969. The second-order valence-corrected chi connectivity index (χ2v) is 4.98. The molecule has 1 N–H and O–H groups in total. The van der Waals surface area contributed by atoms with Gasteiger partial charge in [0.15, 0.2) is 0 Å². The van der Waals surface area contributed by atoms with Crippen LogP contribution in [0.3, 0.4) is 0 Å². The lowest BCUT2D eigenvalue weighted by Gasteiger charge is -2.27. The SMILES string of the molecule is COc1ccc2c(c1)C(=O)N([C@@H](C(=O)O)C(C)C)C2. The van der Waals surface area contributed by atoms with E-state index >= 15 is 0 Å². The summed E-state index contributed by atoms with van der Waals surface area (Å²) in [5, 5.41) is 9.28. The highest BCUT2D eigenvalue weighted by atomic mass is 16.5. The number of nitrogens with zero attached hydrogens (tertiary/aromatic N) is 1. The van der Waals surface area contributed by atoms with Gasteiger partial charge >= 0.3 is 5.97 Å². The lowest BCUT2D eigenvalue weighted by atomic mass is 10.0. The van der Waals surface area contributed by atoms with Gasteiger partial charge in [0.2, 0.25) is 0 Å². The Balaban J connectivity index is 2.35. The van der Waals surface area contributed by atoms with Gasteiger partial charge in [0.05, 0.1) is 7.11 Å². The van der Waals surface area contributed by atoms with Crippen molar-refractivity contribution in [3.05, 3.63) is 29.3 Å². The first-order valence-corrected chi connectivity index (χ1v) is 6.16. The fourth-order valence-electron chi connectivity index (χ4n) is 2.43. The normalized spacial score (nSPS) is 15.6. The number of methoxy groups -OCH3 is 1. The standard InChI is InChI=1S/C14H17NO4/c1-8(2)12(14(17)18)15-7-9-4-5-10(19-3)6-11(9)13(15)16/h4-6,8,12H,7H2,1-3H3,(H,17,18)/t12-/m1/s1. The van der Waals surface area contributed by atoms with Crippen LogP contribution in [0, 0.1) is 5.92 Å². The molecule has 102 valence electrons. The zero-order chi connectivity index (χ0) is 14.2. The number of carboxylic acid groups (broad SMARTS) is 1. The van der Waals surface area contributed by atoms with Gasteiger partial charge in [-0.1, -0.05) is 19.9 Å². The van der Waals surface area contributed by atoms with E-state index in [0.29, 0.717) is 17.9 Å². The van der Waals surface area contributed by atoms with Crippen LogP contribution in [-0.4, -0.2) is 35.0 Å². The van der Waals surface area contributed by atoms with Crippen molar-refractivity contribution >= 4 is 11.9 Å². The minimum absolute atomic E-state index is 0.141. The molecular formula is C14H17NO4. The summed E-state index contributed by atoms with van der Waals surface area (Å²) >= 11 is 0. The Morgan fingerprint density at radius 1 is 1.42 bits per heavy atom. The highest BCUT2D eigenvalue weighted by molar-refractivity contribution is 6.00. The number of carboxylic acids is 1. The lowest BCUT2D eigenvalue weighted by Crippen LogP contribution is -2.44. The molecule has 1 atom stereocenters. The van der Waals surface area contributed by atoms with Gasteiger partial charge in [-0.25, -0.2) is 4.79 Å². The molecule has 5 heteroatoms. The third kappa shape index (κ3) is 2.28. The van der Waals surface area contributed by atoms with Crippen LogP contribution >= 0.6 is 0 Å². The van der Waals surface area contributed by atoms with Crippen LogP contribution < -0.4 is 4.74 Å². The number of ether oxygens (including phenoxy) is 1. The molecule has 5 nitrogen and oxygen atoms in total. The Hall–Kier alpha value is -2.04. The van der Waals surface area contributed by atoms with Crippen molar-refractivity contribution < 1.29 is 19.4 Å². The van der Waals surface area contributed by atoms with Crippen molar-refractivity contribution in [2.45, 2.75) is 26.4 Å². The van der Waals surface area contributed by atoms with Crippen LogP contribution in [0.25, 0.3) is 0 Å². The number of hydrogen-bond donors (Lipinski definition) is 1. The summed E-state index contributed by atoms with van der Waals surface area (Å²) in [5.74, 6) is -0.749. The van der Waals surface area contributed by atoms with E-state index in [9.17, 15) is 14.7 Å². The predicted octanol–water partition coefficient (Wildman–Crippen LogP) is 1.76. The lowest BCUT2D eigenvalue weighted by molar-refractivity contribution is -0.144. The average Bonchev–Trinajstić information content (AvgIpc) is 2.66. The number of rotatable bonds is 4. The van der Waals surface area contributed by atoms with E-state index in [1.165, 1.54) is 12.0 Å². The highest BCUT2D eigenvalue weighted by Crippen LogP contribution is 2.29. The largest absolute Gasteiger partial charge is 0.497 e. The fourth-order valence-corrected chi connectivity index (χ4v) is 2.43. The predicted molar refractivity (Wildman–Crippen MR) is 69.1 cm³/mol. The second kappa shape index (κ2) is 4.91. The first kappa shape index (κ1) is 13.4. The van der Waals surface area contributed by atoms with E-state index in [0.717, 1.165) is 5.56 Å². The number of amides is 1. The molecule has 1 aliphatic heterocycles. The molecule has 0 aliphatic carbocycles. The zero-order valence-corrected chi connectivity index (χ0v) is 11.2. The van der Waals surface area contributed by atoms with Crippen LogP contribution in [0.2, 0.25) is 0 Å². The summed E-state index contributed by atoms with van der Waals surface area (Å²) in [6.45, 7) is 3.94.